The van der Waals surface area contributed by atoms with Gasteiger partial charge in [-0.2, -0.15) is 0 Å². The molecule has 1 saturated carbocycles. The molecule has 0 bridgehead atoms. The van der Waals surface area contributed by atoms with Crippen molar-refractivity contribution < 1.29 is 4.79 Å². The zero-order valence-corrected chi connectivity index (χ0v) is 14.5. The van der Waals surface area contributed by atoms with E-state index in [-0.39, 0.29) is 11.2 Å². The molecular weight excluding hydrogens is 310 g/mol. The summed E-state index contributed by atoms with van der Waals surface area (Å²) in [5, 5.41) is 11.8. The van der Waals surface area contributed by atoms with E-state index in [4.69, 9.17) is 0 Å². The van der Waals surface area contributed by atoms with E-state index in [9.17, 15) is 4.79 Å². The fourth-order valence-corrected chi connectivity index (χ4v) is 5.48. The maximum Gasteiger partial charge on any atom is 0.233 e. The van der Waals surface area contributed by atoms with Gasteiger partial charge in [-0.1, -0.05) is 61.5 Å². The predicted molar refractivity (Wildman–Crippen MR) is 86.6 cm³/mol. The van der Waals surface area contributed by atoms with Gasteiger partial charge in [0, 0.05) is 11.3 Å². The third-order valence-corrected chi connectivity index (χ3v) is 6.27. The topological polar surface area (TPSA) is 54.9 Å². The molecule has 2 rings (SSSR count). The maximum absolute atomic E-state index is 12.1. The van der Waals surface area contributed by atoms with Gasteiger partial charge in [0.15, 0.2) is 8.68 Å². The average molecular weight is 332 g/mol. The van der Waals surface area contributed by atoms with Crippen molar-refractivity contribution in [3.63, 3.8) is 0 Å². The lowest BCUT2D eigenvalue weighted by atomic mass is 10.2. The number of amides is 1. The number of hydrogen-bond donors (Lipinski definition) is 1. The van der Waals surface area contributed by atoms with Crippen LogP contribution in [0.2, 0.25) is 0 Å². The van der Waals surface area contributed by atoms with Crippen LogP contribution in [0.4, 0.5) is 0 Å². The van der Waals surface area contributed by atoms with Crippen LogP contribution in [-0.4, -0.2) is 32.6 Å². The summed E-state index contributed by atoms with van der Waals surface area (Å²) in [5.41, 5.74) is 0. The van der Waals surface area contributed by atoms with E-state index in [1.54, 1.807) is 23.1 Å². The summed E-state index contributed by atoms with van der Waals surface area (Å²) in [6.45, 7) is 6.21. The van der Waals surface area contributed by atoms with Gasteiger partial charge >= 0.3 is 0 Å². The first kappa shape index (κ1) is 16.1. The zero-order valence-electron chi connectivity index (χ0n) is 12.1. The summed E-state index contributed by atoms with van der Waals surface area (Å²) in [7, 11) is 0. The van der Waals surface area contributed by atoms with Crippen molar-refractivity contribution >= 4 is 40.8 Å². The number of rotatable bonds is 6. The Bertz CT molecular complexity index is 444. The standard InChI is InChI=1S/C13H21N3OS3/c1-8(2)18-12-15-16-13(20-12)19-9(3)11(17)14-10-6-4-5-7-10/h8-10H,4-7H2,1-3H3,(H,14,17). The highest BCUT2D eigenvalue weighted by Gasteiger charge is 2.22. The van der Waals surface area contributed by atoms with Crippen LogP contribution in [0.3, 0.4) is 0 Å². The Hall–Kier alpha value is -0.270. The molecule has 0 aromatic carbocycles. The number of nitrogens with zero attached hydrogens (tertiary/aromatic N) is 2. The molecule has 112 valence electrons. The third-order valence-electron chi connectivity index (χ3n) is 3.07. The Labute approximate surface area is 132 Å². The van der Waals surface area contributed by atoms with Gasteiger partial charge in [0.05, 0.1) is 5.25 Å². The van der Waals surface area contributed by atoms with Crippen molar-refractivity contribution in [1.29, 1.82) is 0 Å². The van der Waals surface area contributed by atoms with Gasteiger partial charge in [-0.05, 0) is 19.8 Å². The summed E-state index contributed by atoms with van der Waals surface area (Å²) in [6, 6.07) is 0.382. The lowest BCUT2D eigenvalue weighted by Gasteiger charge is -2.15. The van der Waals surface area contributed by atoms with Gasteiger partial charge in [-0.3, -0.25) is 4.79 Å². The minimum Gasteiger partial charge on any atom is -0.352 e. The maximum atomic E-state index is 12.1. The van der Waals surface area contributed by atoms with E-state index in [1.807, 2.05) is 6.92 Å². The Kier molecular flexibility index (Phi) is 6.17. The largest absolute Gasteiger partial charge is 0.352 e. The molecule has 1 aromatic heterocycles. The average Bonchev–Trinajstić information content (AvgIpc) is 3.00. The fraction of sp³-hybridized carbons (Fsp3) is 0.769. The first-order valence-corrected chi connectivity index (χ1v) is 9.59. The van der Waals surface area contributed by atoms with Gasteiger partial charge in [-0.15, -0.1) is 10.2 Å². The molecule has 1 aromatic rings. The summed E-state index contributed by atoms with van der Waals surface area (Å²) in [5.74, 6) is 0.121. The van der Waals surface area contributed by atoms with Crippen molar-refractivity contribution in [1.82, 2.24) is 15.5 Å². The fourth-order valence-electron chi connectivity index (χ4n) is 2.09. The minimum atomic E-state index is -0.111. The first-order chi connectivity index (χ1) is 9.54. The van der Waals surface area contributed by atoms with Gasteiger partial charge < -0.3 is 5.32 Å². The summed E-state index contributed by atoms with van der Waals surface area (Å²) in [4.78, 5) is 12.1. The highest BCUT2D eigenvalue weighted by molar-refractivity contribution is 8.04. The summed E-state index contributed by atoms with van der Waals surface area (Å²) < 4.78 is 1.85. The van der Waals surface area contributed by atoms with Gasteiger partial charge in [0.25, 0.3) is 0 Å². The number of thioether (sulfide) groups is 2. The quantitative estimate of drug-likeness (QED) is 0.808. The highest BCUT2D eigenvalue weighted by atomic mass is 32.2. The molecule has 0 radical (unpaired) electrons. The second-order valence-electron chi connectivity index (χ2n) is 5.25. The summed E-state index contributed by atoms with van der Waals surface area (Å²) in [6.07, 6.45) is 4.71. The van der Waals surface area contributed by atoms with Crippen molar-refractivity contribution in [2.45, 2.75) is 71.7 Å². The number of nitrogens with one attached hydrogen (secondary N) is 1. The van der Waals surface area contributed by atoms with Crippen molar-refractivity contribution in [3.05, 3.63) is 0 Å². The van der Waals surface area contributed by atoms with E-state index in [0.29, 0.717) is 11.3 Å². The molecule has 1 aliphatic carbocycles. The Balaban J connectivity index is 1.82. The molecule has 0 saturated heterocycles. The molecular formula is C13H21N3OS3. The van der Waals surface area contributed by atoms with Crippen LogP contribution in [0.1, 0.15) is 46.5 Å². The van der Waals surface area contributed by atoms with Crippen LogP contribution in [0.5, 0.6) is 0 Å². The molecule has 20 heavy (non-hydrogen) atoms. The van der Waals surface area contributed by atoms with Gasteiger partial charge in [-0.25, -0.2) is 0 Å². The molecule has 1 unspecified atom stereocenters. The van der Waals surface area contributed by atoms with Crippen LogP contribution in [0.15, 0.2) is 8.68 Å². The van der Waals surface area contributed by atoms with Crippen LogP contribution >= 0.6 is 34.9 Å². The molecule has 1 amide bonds. The third kappa shape index (κ3) is 4.93. The van der Waals surface area contributed by atoms with E-state index >= 15 is 0 Å². The predicted octanol–water partition coefficient (Wildman–Crippen LogP) is 3.58. The highest BCUT2D eigenvalue weighted by Crippen LogP contribution is 2.33. The molecule has 1 N–H and O–H groups in total. The van der Waals surface area contributed by atoms with E-state index in [0.717, 1.165) is 21.5 Å². The first-order valence-electron chi connectivity index (χ1n) is 7.02. The van der Waals surface area contributed by atoms with Crippen LogP contribution in [0, 0.1) is 0 Å². The van der Waals surface area contributed by atoms with Crippen molar-refractivity contribution in [2.75, 3.05) is 0 Å². The summed E-state index contributed by atoms with van der Waals surface area (Å²) >= 11 is 4.79. The van der Waals surface area contributed by atoms with Crippen LogP contribution in [0.25, 0.3) is 0 Å². The second kappa shape index (κ2) is 7.66. The molecule has 1 fully saturated rings. The van der Waals surface area contributed by atoms with Gasteiger partial charge in [0.2, 0.25) is 5.91 Å². The zero-order chi connectivity index (χ0) is 14.5. The Morgan fingerprint density at radius 3 is 2.40 bits per heavy atom. The number of carbonyl (C=O) groups is 1. The second-order valence-corrected chi connectivity index (χ2v) is 9.64. The number of aromatic nitrogens is 2. The normalized spacial score (nSPS) is 17.6. The lowest BCUT2D eigenvalue weighted by molar-refractivity contribution is -0.120. The monoisotopic (exact) mass is 331 g/mol. The molecule has 1 aliphatic rings. The molecule has 0 spiro atoms. The van der Waals surface area contributed by atoms with Crippen molar-refractivity contribution in [3.8, 4) is 0 Å². The number of hydrogen-bond acceptors (Lipinski definition) is 6. The molecule has 1 atom stereocenters. The molecule has 0 aliphatic heterocycles. The van der Waals surface area contributed by atoms with E-state index < -0.39 is 0 Å². The smallest absolute Gasteiger partial charge is 0.233 e. The lowest BCUT2D eigenvalue weighted by Crippen LogP contribution is -2.37. The number of carbonyl (C=O) groups excluding carboxylic acids is 1. The Morgan fingerprint density at radius 2 is 1.80 bits per heavy atom. The molecule has 1 heterocycles. The van der Waals surface area contributed by atoms with Crippen LogP contribution in [-0.2, 0) is 4.79 Å². The Morgan fingerprint density at radius 1 is 1.20 bits per heavy atom. The SMILES string of the molecule is CC(C)Sc1nnc(SC(C)C(=O)NC2CCCC2)s1. The van der Waals surface area contributed by atoms with Crippen LogP contribution < -0.4 is 5.32 Å². The van der Waals surface area contributed by atoms with E-state index in [2.05, 4.69) is 29.4 Å². The van der Waals surface area contributed by atoms with Crippen molar-refractivity contribution in [2.24, 2.45) is 0 Å². The van der Waals surface area contributed by atoms with Gasteiger partial charge in [0.1, 0.15) is 0 Å². The molecule has 4 nitrogen and oxygen atoms in total. The molecule has 7 heteroatoms. The van der Waals surface area contributed by atoms with E-state index in [1.165, 1.54) is 24.6 Å². The minimum absolute atomic E-state index is 0.111.